The third-order valence-corrected chi connectivity index (χ3v) is 5.45. The molecule has 2 heterocycles. The van der Waals surface area contributed by atoms with Crippen molar-refractivity contribution in [2.45, 2.75) is 46.1 Å². The number of aromatic nitrogens is 1. The van der Waals surface area contributed by atoms with Gasteiger partial charge < -0.3 is 14.9 Å². The van der Waals surface area contributed by atoms with E-state index < -0.39 is 11.9 Å². The van der Waals surface area contributed by atoms with Crippen LogP contribution in [-0.2, 0) is 22.6 Å². The maximum Gasteiger partial charge on any atom is 0.414 e. The van der Waals surface area contributed by atoms with Crippen LogP contribution in [0.15, 0.2) is 36.5 Å². The summed E-state index contributed by atoms with van der Waals surface area (Å²) in [5.74, 6) is -2.03. The first-order valence-corrected chi connectivity index (χ1v) is 10.5. The first-order chi connectivity index (χ1) is 14.8. The van der Waals surface area contributed by atoms with Crippen LogP contribution in [-0.4, -0.2) is 52.2 Å². The molecule has 1 aliphatic rings. The average Bonchev–Trinajstić information content (AvgIpc) is 2.73. The molecule has 0 bridgehead atoms. The minimum Gasteiger partial charge on any atom is -0.481 e. The second-order valence-corrected chi connectivity index (χ2v) is 8.04. The Hall–Kier alpha value is -2.93. The van der Waals surface area contributed by atoms with E-state index in [0.29, 0.717) is 0 Å². The molecule has 0 spiro atoms. The van der Waals surface area contributed by atoms with Gasteiger partial charge in [0.15, 0.2) is 0 Å². The van der Waals surface area contributed by atoms with Crippen LogP contribution in [0.25, 0.3) is 0 Å². The van der Waals surface area contributed by atoms with Gasteiger partial charge >= 0.3 is 11.9 Å². The maximum atomic E-state index is 9.10. The SMILES string of the molecule is COc1ncccc1CN1CCC(CCc2cc(C)cc(C)c2)CC1.O=C(O)C(=O)O. The van der Waals surface area contributed by atoms with E-state index in [1.54, 1.807) is 13.3 Å². The van der Waals surface area contributed by atoms with E-state index in [9.17, 15) is 0 Å². The number of ether oxygens (including phenoxy) is 1. The summed E-state index contributed by atoms with van der Waals surface area (Å²) in [4.78, 5) is 25.0. The van der Waals surface area contributed by atoms with Crippen molar-refractivity contribution in [3.63, 3.8) is 0 Å². The standard InChI is InChI=1S/C22H30N2O.C2H2O4/c1-17-13-18(2)15-20(14-17)7-6-19-8-11-24(12-9-19)16-21-5-4-10-23-22(21)25-3;3-1(4)2(5)6/h4-5,10,13-15,19H,6-9,11-12,16H2,1-3H3;(H,3,4)(H,5,6). The number of pyridine rings is 1. The lowest BCUT2D eigenvalue weighted by Crippen LogP contribution is -2.33. The number of rotatable bonds is 6. The molecule has 0 unspecified atom stereocenters. The summed E-state index contributed by atoms with van der Waals surface area (Å²) < 4.78 is 5.38. The Morgan fingerprint density at radius 2 is 1.71 bits per heavy atom. The fraction of sp³-hybridized carbons (Fsp3) is 0.458. The van der Waals surface area contributed by atoms with Gasteiger partial charge in [-0.1, -0.05) is 35.4 Å². The van der Waals surface area contributed by atoms with Gasteiger partial charge in [0.05, 0.1) is 7.11 Å². The fourth-order valence-electron chi connectivity index (χ4n) is 3.99. The van der Waals surface area contributed by atoms with Crippen LogP contribution in [0.5, 0.6) is 5.88 Å². The normalized spacial score (nSPS) is 14.4. The molecule has 1 fully saturated rings. The molecule has 7 heteroatoms. The predicted molar refractivity (Wildman–Crippen MR) is 118 cm³/mol. The zero-order valence-electron chi connectivity index (χ0n) is 18.5. The Morgan fingerprint density at radius 3 is 2.26 bits per heavy atom. The number of carboxylic acids is 2. The molecule has 0 saturated carbocycles. The lowest BCUT2D eigenvalue weighted by Gasteiger charge is -2.32. The van der Waals surface area contributed by atoms with Crippen LogP contribution in [0.3, 0.4) is 0 Å². The van der Waals surface area contributed by atoms with E-state index in [4.69, 9.17) is 24.5 Å². The molecule has 1 aliphatic heterocycles. The molecule has 3 rings (SSSR count). The number of aliphatic carboxylic acids is 2. The van der Waals surface area contributed by atoms with E-state index in [-0.39, 0.29) is 0 Å². The van der Waals surface area contributed by atoms with E-state index in [0.717, 1.165) is 18.3 Å². The van der Waals surface area contributed by atoms with Crippen molar-refractivity contribution in [1.82, 2.24) is 9.88 Å². The number of piperidine rings is 1. The second kappa shape index (κ2) is 12.1. The van der Waals surface area contributed by atoms with Crippen LogP contribution in [0.2, 0.25) is 0 Å². The number of carboxylic acid groups (broad SMARTS) is 2. The van der Waals surface area contributed by atoms with Gasteiger partial charge in [0.1, 0.15) is 0 Å². The van der Waals surface area contributed by atoms with Crippen LogP contribution < -0.4 is 4.74 Å². The van der Waals surface area contributed by atoms with Crippen molar-refractivity contribution in [3.8, 4) is 5.88 Å². The monoisotopic (exact) mass is 428 g/mol. The molecule has 0 atom stereocenters. The van der Waals surface area contributed by atoms with Gasteiger partial charge in [-0.15, -0.1) is 0 Å². The van der Waals surface area contributed by atoms with Gasteiger partial charge in [-0.25, -0.2) is 14.6 Å². The van der Waals surface area contributed by atoms with Crippen LogP contribution in [0.1, 0.15) is 41.5 Å². The van der Waals surface area contributed by atoms with E-state index in [1.807, 2.05) is 6.07 Å². The van der Waals surface area contributed by atoms with Crippen molar-refractivity contribution >= 4 is 11.9 Å². The minimum atomic E-state index is -1.82. The number of methoxy groups -OCH3 is 1. The Bertz CT molecular complexity index is 844. The van der Waals surface area contributed by atoms with Gasteiger partial charge in [-0.05, 0) is 70.2 Å². The minimum absolute atomic E-state index is 0.763. The van der Waals surface area contributed by atoms with Gasteiger partial charge in [-0.3, -0.25) is 4.90 Å². The smallest absolute Gasteiger partial charge is 0.414 e. The Labute approximate surface area is 183 Å². The number of nitrogens with zero attached hydrogens (tertiary/aromatic N) is 2. The molecule has 1 aromatic heterocycles. The number of benzene rings is 1. The average molecular weight is 429 g/mol. The van der Waals surface area contributed by atoms with Gasteiger partial charge in [0.25, 0.3) is 0 Å². The van der Waals surface area contributed by atoms with E-state index >= 15 is 0 Å². The molecule has 0 amide bonds. The number of hydrogen-bond donors (Lipinski definition) is 2. The first kappa shape index (κ1) is 24.3. The topological polar surface area (TPSA) is 100.0 Å². The van der Waals surface area contributed by atoms with Crippen LogP contribution >= 0.6 is 0 Å². The lowest BCUT2D eigenvalue weighted by atomic mass is 9.90. The van der Waals surface area contributed by atoms with Gasteiger partial charge in [0, 0.05) is 18.3 Å². The van der Waals surface area contributed by atoms with Crippen LogP contribution in [0.4, 0.5) is 0 Å². The summed E-state index contributed by atoms with van der Waals surface area (Å²) in [6, 6.07) is 11.1. The molecule has 168 valence electrons. The van der Waals surface area contributed by atoms with Crippen molar-refractivity contribution in [3.05, 3.63) is 58.8 Å². The highest BCUT2D eigenvalue weighted by molar-refractivity contribution is 6.27. The second-order valence-electron chi connectivity index (χ2n) is 8.04. The molecule has 1 saturated heterocycles. The molecule has 0 radical (unpaired) electrons. The lowest BCUT2D eigenvalue weighted by molar-refractivity contribution is -0.159. The zero-order valence-corrected chi connectivity index (χ0v) is 18.5. The summed E-state index contributed by atoms with van der Waals surface area (Å²) in [7, 11) is 1.70. The zero-order chi connectivity index (χ0) is 22.8. The molecule has 7 nitrogen and oxygen atoms in total. The molecular weight excluding hydrogens is 396 g/mol. The summed E-state index contributed by atoms with van der Waals surface area (Å²) in [6.07, 6.45) is 6.92. The third-order valence-electron chi connectivity index (χ3n) is 5.45. The van der Waals surface area contributed by atoms with Crippen molar-refractivity contribution < 1.29 is 24.5 Å². The van der Waals surface area contributed by atoms with Crippen molar-refractivity contribution in [2.24, 2.45) is 5.92 Å². The Kier molecular flexibility index (Phi) is 9.46. The number of carbonyl (C=O) groups is 2. The summed E-state index contributed by atoms with van der Waals surface area (Å²) in [5.41, 5.74) is 5.46. The van der Waals surface area contributed by atoms with E-state index in [1.165, 1.54) is 61.0 Å². The molecular formula is C24H32N2O5. The Morgan fingerprint density at radius 1 is 1.10 bits per heavy atom. The third kappa shape index (κ3) is 8.38. The quantitative estimate of drug-likeness (QED) is 0.677. The summed E-state index contributed by atoms with van der Waals surface area (Å²) in [5, 5.41) is 14.8. The summed E-state index contributed by atoms with van der Waals surface area (Å²) in [6.45, 7) is 7.69. The fourth-order valence-corrected chi connectivity index (χ4v) is 3.99. The van der Waals surface area contributed by atoms with Crippen LogP contribution in [0, 0.1) is 19.8 Å². The van der Waals surface area contributed by atoms with Gasteiger partial charge in [0.2, 0.25) is 5.88 Å². The van der Waals surface area contributed by atoms with Crippen molar-refractivity contribution in [2.75, 3.05) is 20.2 Å². The molecule has 2 aromatic rings. The molecule has 0 aliphatic carbocycles. The Balaban J connectivity index is 0.000000501. The van der Waals surface area contributed by atoms with Gasteiger partial charge in [-0.2, -0.15) is 0 Å². The maximum absolute atomic E-state index is 9.10. The number of hydrogen-bond acceptors (Lipinski definition) is 5. The number of aryl methyl sites for hydroxylation is 3. The highest BCUT2D eigenvalue weighted by Crippen LogP contribution is 2.25. The molecule has 2 N–H and O–H groups in total. The van der Waals surface area contributed by atoms with E-state index in [2.05, 4.69) is 48.0 Å². The predicted octanol–water partition coefficient (Wildman–Crippen LogP) is 3.71. The largest absolute Gasteiger partial charge is 0.481 e. The van der Waals surface area contributed by atoms with Crippen molar-refractivity contribution in [1.29, 1.82) is 0 Å². The highest BCUT2D eigenvalue weighted by Gasteiger charge is 2.20. The highest BCUT2D eigenvalue weighted by atomic mass is 16.5. The first-order valence-electron chi connectivity index (χ1n) is 10.5. The number of likely N-dealkylation sites (tertiary alicyclic amines) is 1. The molecule has 1 aromatic carbocycles. The summed E-state index contributed by atoms with van der Waals surface area (Å²) >= 11 is 0. The molecule has 31 heavy (non-hydrogen) atoms.